The number of fused-ring (bicyclic) bond motifs is 5. The zero-order valence-electron chi connectivity index (χ0n) is 27.3. The molecule has 0 atom stereocenters. The van der Waals surface area contributed by atoms with Crippen LogP contribution in [0.3, 0.4) is 0 Å². The standard InChI is InChI=1S/C45H28N4O2/c1-3-12-29(13-4-1)43-46-44(30-14-5-2-6-15-30)48-45(47-43)33-17-11-16-31(26-33)32-22-24-39-41(27-32)50-40-25-23-34(28-42(40)51-39)49-37-20-9-7-18-35(37)36-19-8-10-21-38(36)49/h1-28H. The monoisotopic (exact) mass is 656 g/mol. The van der Waals surface area contributed by atoms with Crippen molar-refractivity contribution in [3.05, 3.63) is 170 Å². The molecule has 1 aliphatic rings. The lowest BCUT2D eigenvalue weighted by Gasteiger charge is -2.22. The Morgan fingerprint density at radius 1 is 0.333 bits per heavy atom. The van der Waals surface area contributed by atoms with E-state index in [1.54, 1.807) is 0 Å². The van der Waals surface area contributed by atoms with Crippen LogP contribution in [0.5, 0.6) is 23.0 Å². The topological polar surface area (TPSA) is 62.1 Å². The average molecular weight is 657 g/mol. The Labute approximate surface area is 293 Å². The van der Waals surface area contributed by atoms with Crippen LogP contribution in [0.15, 0.2) is 170 Å². The summed E-state index contributed by atoms with van der Waals surface area (Å²) in [5, 5.41) is 2.43. The molecule has 0 fully saturated rings. The van der Waals surface area contributed by atoms with Gasteiger partial charge in [-0.05, 0) is 53.6 Å². The summed E-state index contributed by atoms with van der Waals surface area (Å²) >= 11 is 0. The minimum atomic E-state index is 0.607. The summed E-state index contributed by atoms with van der Waals surface area (Å²) in [6.45, 7) is 0. The van der Waals surface area contributed by atoms with Gasteiger partial charge in [0.05, 0.1) is 16.7 Å². The Kier molecular flexibility index (Phi) is 6.70. The third kappa shape index (κ3) is 5.09. The van der Waals surface area contributed by atoms with E-state index in [9.17, 15) is 0 Å². The van der Waals surface area contributed by atoms with Crippen molar-refractivity contribution in [3.8, 4) is 74.0 Å². The summed E-state index contributed by atoms with van der Waals surface area (Å²) in [6, 6.07) is 57.4. The zero-order valence-corrected chi connectivity index (χ0v) is 27.3. The van der Waals surface area contributed by atoms with Gasteiger partial charge in [-0.2, -0.15) is 0 Å². The number of aromatic nitrogens is 4. The van der Waals surface area contributed by atoms with Gasteiger partial charge < -0.3 is 14.0 Å². The number of rotatable bonds is 5. The molecule has 0 amide bonds. The second-order valence-corrected chi connectivity index (χ2v) is 12.5. The summed E-state index contributed by atoms with van der Waals surface area (Å²) in [7, 11) is 0. The van der Waals surface area contributed by atoms with Crippen LogP contribution in [0.1, 0.15) is 0 Å². The van der Waals surface area contributed by atoms with E-state index in [1.807, 2.05) is 91.0 Å². The van der Waals surface area contributed by atoms with E-state index in [2.05, 4.69) is 83.4 Å². The number of benzene rings is 7. The molecule has 0 aliphatic carbocycles. The molecule has 9 aromatic rings. The number of para-hydroxylation sites is 2. The van der Waals surface area contributed by atoms with Crippen molar-refractivity contribution in [1.29, 1.82) is 0 Å². The third-order valence-corrected chi connectivity index (χ3v) is 9.30. The maximum absolute atomic E-state index is 6.47. The van der Waals surface area contributed by atoms with Gasteiger partial charge in [-0.25, -0.2) is 15.0 Å². The van der Waals surface area contributed by atoms with Crippen LogP contribution in [-0.4, -0.2) is 19.5 Å². The predicted molar refractivity (Wildman–Crippen MR) is 202 cm³/mol. The summed E-state index contributed by atoms with van der Waals surface area (Å²) in [4.78, 5) is 14.7. The van der Waals surface area contributed by atoms with Crippen molar-refractivity contribution < 1.29 is 9.47 Å². The van der Waals surface area contributed by atoms with Crippen LogP contribution in [0.25, 0.3) is 72.8 Å². The van der Waals surface area contributed by atoms with E-state index in [0.717, 1.165) is 44.5 Å². The van der Waals surface area contributed by atoms with Gasteiger partial charge in [-0.1, -0.05) is 121 Å². The van der Waals surface area contributed by atoms with Gasteiger partial charge >= 0.3 is 0 Å². The van der Waals surface area contributed by atoms with Gasteiger partial charge in [-0.3, -0.25) is 0 Å². The number of hydrogen-bond acceptors (Lipinski definition) is 5. The first-order valence-electron chi connectivity index (χ1n) is 16.9. The zero-order chi connectivity index (χ0) is 33.7. The molecule has 0 N–H and O–H groups in total. The largest absolute Gasteiger partial charge is 0.449 e. The first kappa shape index (κ1) is 28.9. The van der Waals surface area contributed by atoms with E-state index in [0.29, 0.717) is 40.5 Å². The van der Waals surface area contributed by atoms with Crippen LogP contribution in [0.2, 0.25) is 0 Å². The molecule has 0 bridgehead atoms. The van der Waals surface area contributed by atoms with E-state index < -0.39 is 0 Å². The molecular formula is C45H28N4O2. The molecule has 0 unspecified atom stereocenters. The van der Waals surface area contributed by atoms with Crippen molar-refractivity contribution in [1.82, 2.24) is 19.5 Å². The maximum atomic E-state index is 6.47. The quantitative estimate of drug-likeness (QED) is 0.184. The van der Waals surface area contributed by atoms with Crippen molar-refractivity contribution >= 4 is 21.8 Å². The van der Waals surface area contributed by atoms with Crippen LogP contribution in [0, 0.1) is 0 Å². The molecule has 0 saturated heterocycles. The Hall–Kier alpha value is -7.05. The highest BCUT2D eigenvalue weighted by atomic mass is 16.6. The van der Waals surface area contributed by atoms with Gasteiger partial charge in [0.15, 0.2) is 40.5 Å². The normalized spacial score (nSPS) is 11.8. The Bertz CT molecular complexity index is 2650. The van der Waals surface area contributed by atoms with E-state index >= 15 is 0 Å². The van der Waals surface area contributed by atoms with Gasteiger partial charge in [0, 0.05) is 33.5 Å². The van der Waals surface area contributed by atoms with Gasteiger partial charge in [-0.15, -0.1) is 0 Å². The lowest BCUT2D eigenvalue weighted by Crippen LogP contribution is -2.01. The van der Waals surface area contributed by atoms with Gasteiger partial charge in [0.1, 0.15) is 0 Å². The minimum absolute atomic E-state index is 0.607. The Morgan fingerprint density at radius 3 is 1.43 bits per heavy atom. The van der Waals surface area contributed by atoms with Gasteiger partial charge in [0.2, 0.25) is 0 Å². The third-order valence-electron chi connectivity index (χ3n) is 9.30. The number of hydrogen-bond donors (Lipinski definition) is 0. The van der Waals surface area contributed by atoms with Crippen molar-refractivity contribution in [3.63, 3.8) is 0 Å². The molecular weight excluding hydrogens is 629 g/mol. The fraction of sp³-hybridized carbons (Fsp3) is 0. The minimum Gasteiger partial charge on any atom is -0.449 e. The summed E-state index contributed by atoms with van der Waals surface area (Å²) in [6.07, 6.45) is 0. The van der Waals surface area contributed by atoms with E-state index in [-0.39, 0.29) is 0 Å². The van der Waals surface area contributed by atoms with Crippen LogP contribution < -0.4 is 9.47 Å². The Morgan fingerprint density at radius 2 is 0.804 bits per heavy atom. The molecule has 6 heteroatoms. The highest BCUT2D eigenvalue weighted by Crippen LogP contribution is 2.48. The molecule has 0 spiro atoms. The van der Waals surface area contributed by atoms with Crippen LogP contribution >= 0.6 is 0 Å². The fourth-order valence-electron chi connectivity index (χ4n) is 6.86. The molecule has 51 heavy (non-hydrogen) atoms. The number of nitrogens with zero attached hydrogens (tertiary/aromatic N) is 4. The second-order valence-electron chi connectivity index (χ2n) is 12.5. The molecule has 10 rings (SSSR count). The summed E-state index contributed by atoms with van der Waals surface area (Å²) in [5.74, 6) is 4.54. The lowest BCUT2D eigenvalue weighted by molar-refractivity contribution is 0.359. The van der Waals surface area contributed by atoms with Crippen LogP contribution in [-0.2, 0) is 0 Å². The summed E-state index contributed by atoms with van der Waals surface area (Å²) < 4.78 is 15.2. The Balaban J connectivity index is 0.989. The highest BCUT2D eigenvalue weighted by molar-refractivity contribution is 6.09. The van der Waals surface area contributed by atoms with Gasteiger partial charge in [0.25, 0.3) is 0 Å². The molecule has 6 nitrogen and oxygen atoms in total. The molecule has 7 aromatic carbocycles. The molecule has 240 valence electrons. The molecule has 0 radical (unpaired) electrons. The lowest BCUT2D eigenvalue weighted by atomic mass is 10.0. The summed E-state index contributed by atoms with van der Waals surface area (Å²) in [5.41, 5.74) is 8.06. The van der Waals surface area contributed by atoms with Crippen molar-refractivity contribution in [2.24, 2.45) is 0 Å². The van der Waals surface area contributed by atoms with Crippen molar-refractivity contribution in [2.75, 3.05) is 0 Å². The number of ether oxygens (including phenoxy) is 2. The fourth-order valence-corrected chi connectivity index (χ4v) is 6.86. The van der Waals surface area contributed by atoms with E-state index in [1.165, 1.54) is 10.8 Å². The predicted octanol–water partition coefficient (Wildman–Crippen LogP) is 11.5. The maximum Gasteiger partial charge on any atom is 0.172 e. The smallest absolute Gasteiger partial charge is 0.172 e. The first-order valence-corrected chi connectivity index (χ1v) is 16.9. The van der Waals surface area contributed by atoms with Crippen LogP contribution in [0.4, 0.5) is 0 Å². The highest BCUT2D eigenvalue weighted by Gasteiger charge is 2.22. The van der Waals surface area contributed by atoms with E-state index in [4.69, 9.17) is 24.4 Å². The average Bonchev–Trinajstić information content (AvgIpc) is 3.54. The molecule has 2 aromatic heterocycles. The SMILES string of the molecule is c1ccc(-c2nc(-c3ccccc3)nc(-c3cccc(-c4ccc5c(c4)Oc4ccc(-n6c7ccccc7c7ccccc76)cc4O5)c3)n2)cc1. The first-order chi connectivity index (χ1) is 25.2. The second kappa shape index (κ2) is 11.8. The molecule has 1 aliphatic heterocycles. The van der Waals surface area contributed by atoms with Crippen molar-refractivity contribution in [2.45, 2.75) is 0 Å². The molecule has 3 heterocycles. The molecule has 0 saturated carbocycles.